The summed E-state index contributed by atoms with van der Waals surface area (Å²) in [5.41, 5.74) is 4.52. The van der Waals surface area contributed by atoms with Crippen LogP contribution in [-0.4, -0.2) is 32.8 Å². The summed E-state index contributed by atoms with van der Waals surface area (Å²) in [5.74, 6) is 0.620. The van der Waals surface area contributed by atoms with E-state index >= 15 is 0 Å². The van der Waals surface area contributed by atoms with E-state index in [2.05, 4.69) is 21.4 Å². The van der Waals surface area contributed by atoms with E-state index in [1.807, 2.05) is 49.6 Å². The molecule has 4 rings (SSSR count). The third-order valence-corrected chi connectivity index (χ3v) is 5.00. The summed E-state index contributed by atoms with van der Waals surface area (Å²) in [6, 6.07) is 10.2. The molecule has 1 aromatic carbocycles. The lowest BCUT2D eigenvalue weighted by Gasteiger charge is -2.19. The van der Waals surface area contributed by atoms with Gasteiger partial charge in [-0.15, -0.1) is 0 Å². The van der Waals surface area contributed by atoms with Crippen LogP contribution in [0.25, 0.3) is 22.3 Å². The standard InChI is InChI=1S/C22H25ClN4O2/c1-22(2,3)29-21(28)24-8-9-27-13-25-18-10-15(6-7-19(18)27)17-11-16(14-4-5-14)12-20(23)26-17/h6-7,10-14H,4-5,8-9H2,1-3H3,(H,24,28). The molecule has 1 saturated carbocycles. The highest BCUT2D eigenvalue weighted by molar-refractivity contribution is 6.29. The molecule has 1 fully saturated rings. The largest absolute Gasteiger partial charge is 0.444 e. The number of pyridine rings is 1. The molecule has 0 bridgehead atoms. The van der Waals surface area contributed by atoms with Crippen molar-refractivity contribution in [2.45, 2.75) is 51.7 Å². The number of rotatable bonds is 5. The van der Waals surface area contributed by atoms with Gasteiger partial charge in [0, 0.05) is 18.7 Å². The Labute approximate surface area is 175 Å². The molecule has 0 spiro atoms. The van der Waals surface area contributed by atoms with Gasteiger partial charge in [-0.25, -0.2) is 14.8 Å². The van der Waals surface area contributed by atoms with E-state index in [9.17, 15) is 4.79 Å². The minimum Gasteiger partial charge on any atom is -0.444 e. The molecule has 29 heavy (non-hydrogen) atoms. The second kappa shape index (κ2) is 7.67. The number of aromatic nitrogens is 3. The summed E-state index contributed by atoms with van der Waals surface area (Å²) < 4.78 is 7.27. The van der Waals surface area contributed by atoms with E-state index < -0.39 is 11.7 Å². The number of carbonyl (C=O) groups is 1. The molecule has 0 saturated heterocycles. The van der Waals surface area contributed by atoms with Crippen molar-refractivity contribution in [2.75, 3.05) is 6.54 Å². The first-order valence-electron chi connectivity index (χ1n) is 9.88. The van der Waals surface area contributed by atoms with Crippen molar-refractivity contribution in [2.24, 2.45) is 0 Å². The summed E-state index contributed by atoms with van der Waals surface area (Å²) in [6.07, 6.45) is 3.82. The van der Waals surface area contributed by atoms with Gasteiger partial charge in [0.05, 0.1) is 23.1 Å². The maximum Gasteiger partial charge on any atom is 0.407 e. The number of halogens is 1. The molecular weight excluding hydrogens is 388 g/mol. The number of hydrogen-bond donors (Lipinski definition) is 1. The number of amides is 1. The summed E-state index contributed by atoms with van der Waals surface area (Å²) in [7, 11) is 0. The van der Waals surface area contributed by atoms with Crippen LogP contribution in [0.5, 0.6) is 0 Å². The Morgan fingerprint density at radius 2 is 2.07 bits per heavy atom. The topological polar surface area (TPSA) is 69.0 Å². The Kier molecular flexibility index (Phi) is 5.21. The molecule has 1 amide bonds. The number of alkyl carbamates (subject to hydrolysis) is 1. The van der Waals surface area contributed by atoms with Gasteiger partial charge in [-0.1, -0.05) is 17.7 Å². The average molecular weight is 413 g/mol. The first kappa shape index (κ1) is 19.7. The van der Waals surface area contributed by atoms with Gasteiger partial charge in [0.15, 0.2) is 0 Å². The van der Waals surface area contributed by atoms with Crippen LogP contribution in [0.4, 0.5) is 4.79 Å². The van der Waals surface area contributed by atoms with Crippen LogP contribution >= 0.6 is 11.6 Å². The van der Waals surface area contributed by atoms with Gasteiger partial charge in [-0.05, 0) is 69.4 Å². The van der Waals surface area contributed by atoms with E-state index in [0.29, 0.717) is 24.2 Å². The van der Waals surface area contributed by atoms with Gasteiger partial charge in [-0.3, -0.25) is 0 Å². The molecular formula is C22H25ClN4O2. The van der Waals surface area contributed by atoms with Crippen LogP contribution in [0.15, 0.2) is 36.7 Å². The molecule has 1 aliphatic carbocycles. The summed E-state index contributed by atoms with van der Waals surface area (Å²) >= 11 is 6.24. The quantitative estimate of drug-likeness (QED) is 0.588. The second-order valence-electron chi connectivity index (χ2n) is 8.45. The van der Waals surface area contributed by atoms with Gasteiger partial charge in [-0.2, -0.15) is 0 Å². The molecule has 7 heteroatoms. The van der Waals surface area contributed by atoms with Crippen molar-refractivity contribution in [3.8, 4) is 11.3 Å². The van der Waals surface area contributed by atoms with E-state index in [4.69, 9.17) is 16.3 Å². The third kappa shape index (κ3) is 4.88. The zero-order chi connectivity index (χ0) is 20.6. The minimum atomic E-state index is -0.504. The van der Waals surface area contributed by atoms with E-state index in [0.717, 1.165) is 22.3 Å². The number of benzene rings is 1. The fraction of sp³-hybridized carbons (Fsp3) is 0.409. The Balaban J connectivity index is 1.47. The van der Waals surface area contributed by atoms with Gasteiger partial charge in [0.1, 0.15) is 10.8 Å². The number of nitrogens with one attached hydrogen (secondary N) is 1. The molecule has 3 aromatic rings. The molecule has 6 nitrogen and oxygen atoms in total. The second-order valence-corrected chi connectivity index (χ2v) is 8.84. The Morgan fingerprint density at radius 1 is 1.28 bits per heavy atom. The monoisotopic (exact) mass is 412 g/mol. The van der Waals surface area contributed by atoms with Crippen molar-refractivity contribution in [1.29, 1.82) is 0 Å². The number of hydrogen-bond acceptors (Lipinski definition) is 4. The van der Waals surface area contributed by atoms with Crippen molar-refractivity contribution < 1.29 is 9.53 Å². The van der Waals surface area contributed by atoms with E-state index in [1.54, 1.807) is 6.33 Å². The van der Waals surface area contributed by atoms with Crippen LogP contribution in [0.3, 0.4) is 0 Å². The Morgan fingerprint density at radius 3 is 2.79 bits per heavy atom. The van der Waals surface area contributed by atoms with Gasteiger partial charge in [0.2, 0.25) is 0 Å². The number of carbonyl (C=O) groups excluding carboxylic acids is 1. The number of nitrogens with zero attached hydrogens (tertiary/aromatic N) is 3. The highest BCUT2D eigenvalue weighted by Crippen LogP contribution is 2.41. The Hall–Kier alpha value is -2.60. The van der Waals surface area contributed by atoms with Crippen LogP contribution < -0.4 is 5.32 Å². The fourth-order valence-corrected chi connectivity index (χ4v) is 3.53. The van der Waals surface area contributed by atoms with Crippen LogP contribution in [0, 0.1) is 0 Å². The van der Waals surface area contributed by atoms with Crippen LogP contribution in [0.1, 0.15) is 45.1 Å². The lowest BCUT2D eigenvalue weighted by atomic mass is 10.1. The number of ether oxygens (including phenoxy) is 1. The SMILES string of the molecule is CC(C)(C)OC(=O)NCCn1cnc2cc(-c3cc(C4CC4)cc(Cl)n3)ccc21. The minimum absolute atomic E-state index is 0.414. The van der Waals surface area contributed by atoms with Crippen LogP contribution in [-0.2, 0) is 11.3 Å². The summed E-state index contributed by atoms with van der Waals surface area (Å²) in [6.45, 7) is 6.60. The molecule has 0 unspecified atom stereocenters. The molecule has 2 heterocycles. The molecule has 152 valence electrons. The molecule has 0 aliphatic heterocycles. The summed E-state index contributed by atoms with van der Waals surface area (Å²) in [4.78, 5) is 20.8. The lowest BCUT2D eigenvalue weighted by Crippen LogP contribution is -2.34. The van der Waals surface area contributed by atoms with Crippen molar-refractivity contribution in [1.82, 2.24) is 19.9 Å². The maximum absolute atomic E-state index is 11.8. The first-order chi connectivity index (χ1) is 13.8. The van der Waals surface area contributed by atoms with Crippen molar-refractivity contribution in [3.63, 3.8) is 0 Å². The lowest BCUT2D eigenvalue weighted by molar-refractivity contribution is 0.0526. The van der Waals surface area contributed by atoms with Gasteiger partial charge < -0.3 is 14.6 Å². The van der Waals surface area contributed by atoms with Gasteiger partial charge in [0.25, 0.3) is 0 Å². The van der Waals surface area contributed by atoms with E-state index in [-0.39, 0.29) is 0 Å². The highest BCUT2D eigenvalue weighted by Gasteiger charge is 2.24. The first-order valence-corrected chi connectivity index (χ1v) is 10.3. The normalized spacial score (nSPS) is 14.2. The molecule has 1 N–H and O–H groups in total. The van der Waals surface area contributed by atoms with Gasteiger partial charge >= 0.3 is 6.09 Å². The predicted molar refractivity (Wildman–Crippen MR) is 114 cm³/mol. The van der Waals surface area contributed by atoms with Crippen LogP contribution in [0.2, 0.25) is 5.15 Å². The summed E-state index contributed by atoms with van der Waals surface area (Å²) in [5, 5.41) is 3.30. The molecule has 2 aromatic heterocycles. The highest BCUT2D eigenvalue weighted by atomic mass is 35.5. The smallest absolute Gasteiger partial charge is 0.407 e. The molecule has 1 aliphatic rings. The Bertz CT molecular complexity index is 1050. The zero-order valence-corrected chi connectivity index (χ0v) is 17.7. The number of imidazole rings is 1. The number of fused-ring (bicyclic) bond motifs is 1. The van der Waals surface area contributed by atoms with E-state index in [1.165, 1.54) is 18.4 Å². The predicted octanol–water partition coefficient (Wildman–Crippen LogP) is 5.15. The fourth-order valence-electron chi connectivity index (χ4n) is 3.31. The molecule has 0 atom stereocenters. The van der Waals surface area contributed by atoms with Crippen molar-refractivity contribution in [3.05, 3.63) is 47.4 Å². The molecule has 0 radical (unpaired) electrons. The maximum atomic E-state index is 11.8. The zero-order valence-electron chi connectivity index (χ0n) is 16.9. The van der Waals surface area contributed by atoms with Crippen molar-refractivity contribution >= 4 is 28.7 Å². The average Bonchev–Trinajstić information content (AvgIpc) is 3.41. The third-order valence-electron chi connectivity index (χ3n) is 4.80.